The minimum absolute atomic E-state index is 0. The highest BCUT2D eigenvalue weighted by Gasteiger charge is 2.34. The first-order valence-corrected chi connectivity index (χ1v) is 10.1. The molecule has 5 rings (SSSR count). The molecule has 162 valence electrons. The highest BCUT2D eigenvalue weighted by Crippen LogP contribution is 2.29. The van der Waals surface area contributed by atoms with Gasteiger partial charge in [0.05, 0.1) is 23.4 Å². The Kier molecular flexibility index (Phi) is 6.75. The van der Waals surface area contributed by atoms with Crippen LogP contribution in [0.3, 0.4) is 0 Å². The maximum atomic E-state index is 13.2. The molecule has 9 heteroatoms. The van der Waals surface area contributed by atoms with Crippen LogP contribution in [0.25, 0.3) is 22.5 Å². The van der Waals surface area contributed by atoms with Gasteiger partial charge in [-0.1, -0.05) is 0 Å². The number of amides is 1. The van der Waals surface area contributed by atoms with Gasteiger partial charge in [0.15, 0.2) is 11.4 Å². The Morgan fingerprint density at radius 1 is 1.27 bits per heavy atom. The largest absolute Gasteiger partial charge is 0.463 e. The van der Waals surface area contributed by atoms with Crippen LogP contribution in [0, 0.1) is 0 Å². The van der Waals surface area contributed by atoms with Crippen molar-refractivity contribution in [1.82, 2.24) is 25.4 Å². The Hall–Kier alpha value is -2.09. The summed E-state index contributed by atoms with van der Waals surface area (Å²) < 4.78 is 7.38. The van der Waals surface area contributed by atoms with E-state index in [9.17, 15) is 4.79 Å². The van der Waals surface area contributed by atoms with Crippen molar-refractivity contribution in [3.63, 3.8) is 0 Å². The summed E-state index contributed by atoms with van der Waals surface area (Å²) in [5.74, 6) is 0.585. The van der Waals surface area contributed by atoms with Crippen LogP contribution in [0.15, 0.2) is 35.1 Å². The Labute approximate surface area is 187 Å². The van der Waals surface area contributed by atoms with Crippen LogP contribution in [-0.4, -0.2) is 38.8 Å². The number of piperidine rings is 1. The first-order valence-electron chi connectivity index (χ1n) is 10.1. The lowest BCUT2D eigenvalue weighted by Crippen LogP contribution is -2.48. The van der Waals surface area contributed by atoms with E-state index in [0.29, 0.717) is 34.7 Å². The predicted octanol–water partition coefficient (Wildman–Crippen LogP) is 4.13. The van der Waals surface area contributed by atoms with Gasteiger partial charge in [0.1, 0.15) is 5.69 Å². The summed E-state index contributed by atoms with van der Waals surface area (Å²) in [5, 5.41) is 12.1. The molecule has 30 heavy (non-hydrogen) atoms. The second-order valence-corrected chi connectivity index (χ2v) is 8.23. The van der Waals surface area contributed by atoms with E-state index in [1.165, 1.54) is 12.8 Å². The molecule has 2 saturated heterocycles. The van der Waals surface area contributed by atoms with Crippen LogP contribution in [0.5, 0.6) is 0 Å². The van der Waals surface area contributed by atoms with Gasteiger partial charge >= 0.3 is 0 Å². The van der Waals surface area contributed by atoms with Gasteiger partial charge in [0.2, 0.25) is 0 Å². The lowest BCUT2D eigenvalue weighted by Gasteiger charge is -2.29. The lowest BCUT2D eigenvalue weighted by molar-refractivity contribution is 0.0925. The molecule has 0 aliphatic carbocycles. The van der Waals surface area contributed by atoms with E-state index >= 15 is 0 Å². The van der Waals surface area contributed by atoms with E-state index in [1.807, 2.05) is 22.9 Å². The minimum atomic E-state index is -0.0604. The molecule has 0 saturated carbocycles. The smallest absolute Gasteiger partial charge is 0.252 e. The third-order valence-electron chi connectivity index (χ3n) is 5.88. The standard InChI is InChI=1S/C21H25N5O2.2ClH/c1-12(2)26-20-17(11-22-26)16(10-18(25-20)19-4-3-7-28-19)21(27)24-15-8-13-5-6-14(9-15)23-13;;/h3-4,7,10-15,23H,5-6,8-9H2,1-2H3,(H,24,27);2*1H. The maximum absolute atomic E-state index is 13.2. The number of nitrogens with zero attached hydrogens (tertiary/aromatic N) is 3. The second kappa shape index (κ2) is 8.96. The average molecular weight is 452 g/mol. The summed E-state index contributed by atoms with van der Waals surface area (Å²) in [7, 11) is 0. The van der Waals surface area contributed by atoms with Gasteiger partial charge in [-0.2, -0.15) is 5.10 Å². The number of furan rings is 1. The summed E-state index contributed by atoms with van der Waals surface area (Å²) in [5.41, 5.74) is 1.96. The van der Waals surface area contributed by atoms with Crippen LogP contribution < -0.4 is 10.6 Å². The van der Waals surface area contributed by atoms with E-state index in [-0.39, 0.29) is 42.8 Å². The molecule has 0 radical (unpaired) electrons. The zero-order chi connectivity index (χ0) is 19.3. The third-order valence-corrected chi connectivity index (χ3v) is 5.88. The molecule has 3 aromatic heterocycles. The summed E-state index contributed by atoms with van der Waals surface area (Å²) in [4.78, 5) is 18.0. The van der Waals surface area contributed by atoms with E-state index in [2.05, 4.69) is 29.6 Å². The van der Waals surface area contributed by atoms with Crippen molar-refractivity contribution in [3.8, 4) is 11.5 Å². The molecule has 2 unspecified atom stereocenters. The predicted molar refractivity (Wildman–Crippen MR) is 121 cm³/mol. The molecule has 3 aromatic rings. The monoisotopic (exact) mass is 451 g/mol. The van der Waals surface area contributed by atoms with Crippen molar-refractivity contribution < 1.29 is 9.21 Å². The van der Waals surface area contributed by atoms with Gasteiger partial charge in [-0.3, -0.25) is 4.79 Å². The highest BCUT2D eigenvalue weighted by atomic mass is 35.5. The SMILES string of the molecule is CC(C)n1ncc2c(C(=O)NC3CC4CCC(C3)N4)cc(-c3ccco3)nc21.Cl.Cl. The second-order valence-electron chi connectivity index (χ2n) is 8.23. The van der Waals surface area contributed by atoms with E-state index in [4.69, 9.17) is 9.40 Å². The minimum Gasteiger partial charge on any atom is -0.463 e. The number of fused-ring (bicyclic) bond motifs is 3. The molecular formula is C21H27Cl2N5O2. The Morgan fingerprint density at radius 2 is 2.00 bits per heavy atom. The number of carbonyl (C=O) groups excluding carboxylic acids is 1. The maximum Gasteiger partial charge on any atom is 0.252 e. The molecule has 1 amide bonds. The molecule has 2 atom stereocenters. The number of hydrogen-bond acceptors (Lipinski definition) is 5. The normalized spacial score (nSPS) is 22.6. The lowest BCUT2D eigenvalue weighted by atomic mass is 9.99. The van der Waals surface area contributed by atoms with Crippen molar-refractivity contribution in [2.24, 2.45) is 0 Å². The summed E-state index contributed by atoms with van der Waals surface area (Å²) in [6.07, 6.45) is 7.76. The molecule has 7 nitrogen and oxygen atoms in total. The molecule has 5 heterocycles. The topological polar surface area (TPSA) is 85.0 Å². The van der Waals surface area contributed by atoms with Gasteiger partial charge in [0, 0.05) is 24.2 Å². The number of hydrogen-bond donors (Lipinski definition) is 2. The summed E-state index contributed by atoms with van der Waals surface area (Å²) in [6.45, 7) is 4.11. The number of aromatic nitrogens is 3. The van der Waals surface area contributed by atoms with E-state index in [1.54, 1.807) is 12.5 Å². The first kappa shape index (κ1) is 22.6. The quantitative estimate of drug-likeness (QED) is 0.622. The van der Waals surface area contributed by atoms with Crippen LogP contribution in [0.4, 0.5) is 0 Å². The van der Waals surface area contributed by atoms with Crippen molar-refractivity contribution in [3.05, 3.63) is 36.2 Å². The van der Waals surface area contributed by atoms with Crippen LogP contribution >= 0.6 is 24.8 Å². The fraction of sp³-hybridized carbons (Fsp3) is 0.476. The van der Waals surface area contributed by atoms with Crippen molar-refractivity contribution in [1.29, 1.82) is 0 Å². The Balaban J connectivity index is 0.00000128. The van der Waals surface area contributed by atoms with E-state index < -0.39 is 0 Å². The Morgan fingerprint density at radius 3 is 2.63 bits per heavy atom. The fourth-order valence-corrected chi connectivity index (χ4v) is 4.57. The molecule has 0 spiro atoms. The van der Waals surface area contributed by atoms with Gasteiger partial charge in [-0.05, 0) is 57.7 Å². The van der Waals surface area contributed by atoms with Crippen molar-refractivity contribution in [2.75, 3.05) is 0 Å². The zero-order valence-corrected chi connectivity index (χ0v) is 18.6. The van der Waals surface area contributed by atoms with Gasteiger partial charge < -0.3 is 15.1 Å². The zero-order valence-electron chi connectivity index (χ0n) is 17.0. The molecular weight excluding hydrogens is 425 g/mol. The van der Waals surface area contributed by atoms with Crippen LogP contribution in [0.2, 0.25) is 0 Å². The van der Waals surface area contributed by atoms with Crippen molar-refractivity contribution in [2.45, 2.75) is 63.7 Å². The molecule has 2 aliphatic heterocycles. The van der Waals surface area contributed by atoms with Crippen LogP contribution in [-0.2, 0) is 0 Å². The average Bonchev–Trinajstić information content (AvgIpc) is 3.40. The molecule has 2 fully saturated rings. The highest BCUT2D eigenvalue weighted by molar-refractivity contribution is 6.06. The summed E-state index contributed by atoms with van der Waals surface area (Å²) in [6, 6.07) is 6.92. The Bertz CT molecular complexity index is 1010. The van der Waals surface area contributed by atoms with Gasteiger partial charge in [0.25, 0.3) is 5.91 Å². The number of halogens is 2. The van der Waals surface area contributed by atoms with E-state index in [0.717, 1.165) is 18.2 Å². The third kappa shape index (κ3) is 4.06. The van der Waals surface area contributed by atoms with Gasteiger partial charge in [-0.15, -0.1) is 24.8 Å². The molecule has 2 aliphatic rings. The van der Waals surface area contributed by atoms with Crippen molar-refractivity contribution >= 4 is 41.8 Å². The number of pyridine rings is 1. The number of nitrogens with one attached hydrogen (secondary N) is 2. The first-order chi connectivity index (χ1) is 13.6. The summed E-state index contributed by atoms with van der Waals surface area (Å²) >= 11 is 0. The number of carbonyl (C=O) groups is 1. The molecule has 2 N–H and O–H groups in total. The molecule has 0 aromatic carbocycles. The van der Waals surface area contributed by atoms with Gasteiger partial charge in [-0.25, -0.2) is 9.67 Å². The molecule has 2 bridgehead atoms. The van der Waals surface area contributed by atoms with Crippen LogP contribution in [0.1, 0.15) is 55.9 Å². The fourth-order valence-electron chi connectivity index (χ4n) is 4.57. The number of rotatable bonds is 4.